The van der Waals surface area contributed by atoms with Crippen LogP contribution >= 0.6 is 0 Å². The maximum Gasteiger partial charge on any atom is 0.330 e. The molecule has 4 nitrogen and oxygen atoms in total. The lowest BCUT2D eigenvalue weighted by molar-refractivity contribution is -0.156. The molecule has 1 saturated carbocycles. The number of ether oxygens (including phenoxy) is 2. The van der Waals surface area contributed by atoms with E-state index < -0.39 is 11.9 Å². The summed E-state index contributed by atoms with van der Waals surface area (Å²) < 4.78 is 10.7. The molecular weight excluding hydrogens is 280 g/mol. The van der Waals surface area contributed by atoms with Crippen molar-refractivity contribution in [3.8, 4) is 0 Å². The summed E-state index contributed by atoms with van der Waals surface area (Å²) in [5.41, 5.74) is -0.349. The van der Waals surface area contributed by atoms with Crippen molar-refractivity contribution in [2.24, 2.45) is 17.3 Å². The van der Waals surface area contributed by atoms with Crippen LogP contribution in [0.1, 0.15) is 46.0 Å². The van der Waals surface area contributed by atoms with Gasteiger partial charge < -0.3 is 9.47 Å². The largest absolute Gasteiger partial charge is 0.462 e. The van der Waals surface area contributed by atoms with Crippen LogP contribution in [0.3, 0.4) is 0 Å². The molecule has 0 bridgehead atoms. The summed E-state index contributed by atoms with van der Waals surface area (Å²) in [5, 5.41) is 0. The summed E-state index contributed by atoms with van der Waals surface area (Å²) in [6.45, 7) is 11.6. The Labute approximate surface area is 133 Å². The van der Waals surface area contributed by atoms with Gasteiger partial charge in [0.1, 0.15) is 13.2 Å². The molecule has 0 aromatic heterocycles. The molecule has 0 radical (unpaired) electrons. The fraction of sp³-hybridized carbons (Fsp3) is 0.667. The molecule has 1 rings (SSSR count). The molecule has 0 aromatic carbocycles. The smallest absolute Gasteiger partial charge is 0.330 e. The molecule has 1 aliphatic carbocycles. The molecule has 0 heterocycles. The normalized spacial score (nSPS) is 16.1. The second kappa shape index (κ2) is 8.76. The van der Waals surface area contributed by atoms with Gasteiger partial charge >= 0.3 is 11.9 Å². The molecule has 1 fully saturated rings. The van der Waals surface area contributed by atoms with E-state index in [1.54, 1.807) is 0 Å². The zero-order valence-corrected chi connectivity index (χ0v) is 13.8. The highest BCUT2D eigenvalue weighted by atomic mass is 16.5. The highest BCUT2D eigenvalue weighted by molar-refractivity contribution is 5.81. The Balaban J connectivity index is 2.94. The van der Waals surface area contributed by atoms with E-state index in [-0.39, 0.29) is 24.5 Å². The van der Waals surface area contributed by atoms with Gasteiger partial charge in [0.15, 0.2) is 0 Å². The van der Waals surface area contributed by atoms with Gasteiger partial charge in [-0.3, -0.25) is 0 Å². The van der Waals surface area contributed by atoms with E-state index in [0.717, 1.165) is 12.8 Å². The highest BCUT2D eigenvalue weighted by Crippen LogP contribution is 2.44. The van der Waals surface area contributed by atoms with Crippen LogP contribution in [0.2, 0.25) is 0 Å². The van der Waals surface area contributed by atoms with Gasteiger partial charge in [0, 0.05) is 17.6 Å². The fourth-order valence-corrected chi connectivity index (χ4v) is 3.29. The molecule has 0 atom stereocenters. The Morgan fingerprint density at radius 2 is 1.50 bits per heavy atom. The Morgan fingerprint density at radius 1 is 1.05 bits per heavy atom. The Hall–Kier alpha value is -1.58. The fourth-order valence-electron chi connectivity index (χ4n) is 3.29. The number of hydrogen-bond acceptors (Lipinski definition) is 4. The summed E-state index contributed by atoms with van der Waals surface area (Å²) in [7, 11) is 0. The summed E-state index contributed by atoms with van der Waals surface area (Å²) >= 11 is 0. The molecule has 22 heavy (non-hydrogen) atoms. The predicted octanol–water partition coefficient (Wildman–Crippen LogP) is 3.67. The Morgan fingerprint density at radius 3 is 1.86 bits per heavy atom. The average Bonchev–Trinajstić information content (AvgIpc) is 2.55. The predicted molar refractivity (Wildman–Crippen MR) is 86.2 cm³/mol. The number of carbonyl (C=O) groups excluding carboxylic acids is 2. The first-order chi connectivity index (χ1) is 10.5. The Bertz CT molecular complexity index is 381. The van der Waals surface area contributed by atoms with E-state index in [1.807, 2.05) is 0 Å². The van der Waals surface area contributed by atoms with Crippen LogP contribution < -0.4 is 0 Å². The first-order valence-electron chi connectivity index (χ1n) is 8.04. The minimum Gasteiger partial charge on any atom is -0.462 e. The standard InChI is InChI=1S/C18H28O4/c1-5-16(19)21-12-18(14(3)4,13-22-17(20)6-2)15-10-8-7-9-11-15/h5-6,14-15H,1-2,7-13H2,3-4H3. The van der Waals surface area contributed by atoms with Crippen LogP contribution in [0.25, 0.3) is 0 Å². The van der Waals surface area contributed by atoms with E-state index in [0.29, 0.717) is 5.92 Å². The molecular formula is C18H28O4. The number of rotatable bonds is 8. The Kier molecular flexibility index (Phi) is 7.36. The topological polar surface area (TPSA) is 52.6 Å². The summed E-state index contributed by atoms with van der Waals surface area (Å²) in [6.07, 6.45) is 8.08. The van der Waals surface area contributed by atoms with Crippen LogP contribution in [-0.4, -0.2) is 25.2 Å². The lowest BCUT2D eigenvalue weighted by Crippen LogP contribution is -2.46. The van der Waals surface area contributed by atoms with Crippen molar-refractivity contribution in [2.75, 3.05) is 13.2 Å². The molecule has 1 aliphatic rings. The third-order valence-corrected chi connectivity index (χ3v) is 4.87. The molecule has 0 aromatic rings. The first-order valence-corrected chi connectivity index (χ1v) is 8.04. The molecule has 0 saturated heterocycles. The van der Waals surface area contributed by atoms with Gasteiger partial charge in [-0.25, -0.2) is 9.59 Å². The van der Waals surface area contributed by atoms with Crippen LogP contribution in [0.5, 0.6) is 0 Å². The van der Waals surface area contributed by atoms with E-state index in [9.17, 15) is 9.59 Å². The lowest BCUT2D eigenvalue weighted by Gasteiger charge is -2.44. The van der Waals surface area contributed by atoms with Crippen molar-refractivity contribution in [3.63, 3.8) is 0 Å². The molecule has 4 heteroatoms. The number of carbonyl (C=O) groups is 2. The third-order valence-electron chi connectivity index (χ3n) is 4.87. The molecule has 0 spiro atoms. The van der Waals surface area contributed by atoms with Gasteiger partial charge in [-0.1, -0.05) is 46.3 Å². The second-order valence-corrected chi connectivity index (χ2v) is 6.35. The quantitative estimate of drug-likeness (QED) is 0.507. The van der Waals surface area contributed by atoms with Crippen molar-refractivity contribution in [2.45, 2.75) is 46.0 Å². The lowest BCUT2D eigenvalue weighted by atomic mass is 9.63. The number of hydrogen-bond donors (Lipinski definition) is 0. The van der Waals surface area contributed by atoms with Gasteiger partial charge in [0.05, 0.1) is 0 Å². The van der Waals surface area contributed by atoms with Crippen molar-refractivity contribution < 1.29 is 19.1 Å². The monoisotopic (exact) mass is 308 g/mol. The molecule has 0 unspecified atom stereocenters. The molecule has 0 aliphatic heterocycles. The maximum atomic E-state index is 11.5. The highest BCUT2D eigenvalue weighted by Gasteiger charge is 2.44. The summed E-state index contributed by atoms with van der Waals surface area (Å²) in [6, 6.07) is 0. The minimum atomic E-state index is -0.434. The van der Waals surface area contributed by atoms with Crippen LogP contribution in [0.15, 0.2) is 25.3 Å². The second-order valence-electron chi connectivity index (χ2n) is 6.35. The van der Waals surface area contributed by atoms with E-state index in [4.69, 9.17) is 9.47 Å². The van der Waals surface area contributed by atoms with Gasteiger partial charge in [0.2, 0.25) is 0 Å². The summed E-state index contributed by atoms with van der Waals surface area (Å²) in [4.78, 5) is 23.0. The molecule has 124 valence electrons. The van der Waals surface area contributed by atoms with E-state index in [2.05, 4.69) is 27.0 Å². The van der Waals surface area contributed by atoms with Crippen molar-refractivity contribution >= 4 is 11.9 Å². The van der Waals surface area contributed by atoms with Gasteiger partial charge in [-0.2, -0.15) is 0 Å². The SMILES string of the molecule is C=CC(=O)OCC(COC(=O)C=C)(C(C)C)C1CCCCC1. The van der Waals surface area contributed by atoms with Crippen molar-refractivity contribution in [1.82, 2.24) is 0 Å². The zero-order valence-electron chi connectivity index (χ0n) is 13.8. The van der Waals surface area contributed by atoms with Crippen molar-refractivity contribution in [1.29, 1.82) is 0 Å². The zero-order chi connectivity index (χ0) is 16.6. The third kappa shape index (κ3) is 4.72. The summed E-state index contributed by atoms with van der Waals surface area (Å²) in [5.74, 6) is -0.255. The number of esters is 2. The maximum absolute atomic E-state index is 11.5. The van der Waals surface area contributed by atoms with Crippen LogP contribution in [0.4, 0.5) is 0 Å². The molecule has 0 amide bonds. The van der Waals surface area contributed by atoms with Gasteiger partial charge in [-0.05, 0) is 24.7 Å². The van der Waals surface area contributed by atoms with Crippen molar-refractivity contribution in [3.05, 3.63) is 25.3 Å². The molecule has 0 N–H and O–H groups in total. The van der Waals surface area contributed by atoms with E-state index in [1.165, 1.54) is 31.4 Å². The van der Waals surface area contributed by atoms with Gasteiger partial charge in [-0.15, -0.1) is 0 Å². The van der Waals surface area contributed by atoms with Gasteiger partial charge in [0.25, 0.3) is 0 Å². The first kappa shape index (κ1) is 18.5. The average molecular weight is 308 g/mol. The van der Waals surface area contributed by atoms with Crippen LogP contribution in [-0.2, 0) is 19.1 Å². The minimum absolute atomic E-state index is 0.228. The van der Waals surface area contributed by atoms with E-state index >= 15 is 0 Å². The van der Waals surface area contributed by atoms with Crippen LogP contribution in [0, 0.1) is 17.3 Å².